The fourth-order valence-electron chi connectivity index (χ4n) is 2.64. The molecule has 6 nitrogen and oxygen atoms in total. The Hall–Kier alpha value is -3.12. The number of fused-ring (bicyclic) bond motifs is 1. The minimum absolute atomic E-state index is 0.112. The molecule has 2 heterocycles. The van der Waals surface area contributed by atoms with Gasteiger partial charge < -0.3 is 4.74 Å². The van der Waals surface area contributed by atoms with Crippen LogP contribution < -0.4 is 10.4 Å². The number of nitrogens with zero attached hydrogens (tertiary/aromatic N) is 3. The van der Waals surface area contributed by atoms with Crippen molar-refractivity contribution in [3.63, 3.8) is 0 Å². The maximum absolute atomic E-state index is 12.1. The summed E-state index contributed by atoms with van der Waals surface area (Å²) in [6, 6.07) is 16.5. The van der Waals surface area contributed by atoms with Gasteiger partial charge in [-0.3, -0.25) is 4.98 Å². The highest BCUT2D eigenvalue weighted by molar-refractivity contribution is 6.30. The lowest BCUT2D eigenvalue weighted by atomic mass is 10.2. The second-order valence-electron chi connectivity index (χ2n) is 5.38. The molecule has 0 saturated carbocycles. The minimum atomic E-state index is -0.350. The molecule has 0 radical (unpaired) electrons. The van der Waals surface area contributed by atoms with Crippen molar-refractivity contribution >= 4 is 22.5 Å². The lowest BCUT2D eigenvalue weighted by molar-refractivity contribution is 0.296. The molecule has 4 aromatic rings. The van der Waals surface area contributed by atoms with E-state index >= 15 is 0 Å². The second kappa shape index (κ2) is 6.41. The van der Waals surface area contributed by atoms with E-state index in [9.17, 15) is 4.79 Å². The molecule has 0 spiro atoms. The van der Waals surface area contributed by atoms with E-state index in [0.29, 0.717) is 22.3 Å². The van der Waals surface area contributed by atoms with Crippen LogP contribution in [0.2, 0.25) is 5.02 Å². The van der Waals surface area contributed by atoms with Gasteiger partial charge in [0.25, 0.3) is 0 Å². The Morgan fingerprint density at radius 1 is 1.12 bits per heavy atom. The Bertz CT molecular complexity index is 1100. The molecule has 0 saturated heterocycles. The molecule has 0 unspecified atom stereocenters. The first kappa shape index (κ1) is 15.4. The third-order valence-electron chi connectivity index (χ3n) is 3.76. The van der Waals surface area contributed by atoms with E-state index in [1.165, 1.54) is 4.57 Å². The fourth-order valence-corrected chi connectivity index (χ4v) is 2.83. The van der Waals surface area contributed by atoms with E-state index in [1.807, 2.05) is 30.3 Å². The Labute approximate surface area is 147 Å². The highest BCUT2D eigenvalue weighted by Gasteiger charge is 2.12. The molecule has 0 bridgehead atoms. The number of rotatable bonds is 4. The molecule has 4 rings (SSSR count). The average molecular weight is 353 g/mol. The first-order valence-electron chi connectivity index (χ1n) is 7.61. The summed E-state index contributed by atoms with van der Waals surface area (Å²) in [6.45, 7) is 0.112. The van der Waals surface area contributed by atoms with Gasteiger partial charge in [0.15, 0.2) is 5.82 Å². The van der Waals surface area contributed by atoms with Crippen molar-refractivity contribution in [3.05, 3.63) is 82.1 Å². The van der Waals surface area contributed by atoms with Gasteiger partial charge in [-0.15, -0.1) is 0 Å². The van der Waals surface area contributed by atoms with Crippen LogP contribution in [0.4, 0.5) is 0 Å². The highest BCUT2D eigenvalue weighted by Crippen LogP contribution is 2.24. The molecule has 7 heteroatoms. The van der Waals surface area contributed by atoms with E-state index in [4.69, 9.17) is 16.3 Å². The van der Waals surface area contributed by atoms with E-state index in [1.54, 1.807) is 30.5 Å². The molecule has 0 amide bonds. The summed E-state index contributed by atoms with van der Waals surface area (Å²) < 4.78 is 7.31. The van der Waals surface area contributed by atoms with Gasteiger partial charge >= 0.3 is 5.69 Å². The Morgan fingerprint density at radius 3 is 2.84 bits per heavy atom. The highest BCUT2D eigenvalue weighted by atomic mass is 35.5. The van der Waals surface area contributed by atoms with Crippen LogP contribution >= 0.6 is 11.6 Å². The summed E-state index contributed by atoms with van der Waals surface area (Å²) in [5, 5.41) is 8.02. The maximum Gasteiger partial charge on any atom is 0.348 e. The summed E-state index contributed by atoms with van der Waals surface area (Å²) in [4.78, 5) is 16.5. The van der Waals surface area contributed by atoms with Crippen molar-refractivity contribution in [1.82, 2.24) is 19.7 Å². The van der Waals surface area contributed by atoms with Gasteiger partial charge in [0, 0.05) is 16.6 Å². The number of benzene rings is 2. The van der Waals surface area contributed by atoms with Crippen molar-refractivity contribution in [2.75, 3.05) is 0 Å². The second-order valence-corrected chi connectivity index (χ2v) is 5.82. The zero-order chi connectivity index (χ0) is 17.2. The molecular formula is C18H13ClN4O2. The standard InChI is InChI=1S/C18H13ClN4O2/c19-13-6-2-7-14(10-13)23-16(21-22-18(23)24)11-25-15-8-1-4-12-5-3-9-20-17(12)15/h1-10H,11H2,(H,22,24). The predicted molar refractivity (Wildman–Crippen MR) is 95.3 cm³/mol. The topological polar surface area (TPSA) is 72.8 Å². The van der Waals surface area contributed by atoms with E-state index in [2.05, 4.69) is 15.2 Å². The van der Waals surface area contributed by atoms with Gasteiger partial charge in [0.05, 0.1) is 5.69 Å². The summed E-state index contributed by atoms with van der Waals surface area (Å²) in [6.07, 6.45) is 1.71. The normalized spacial score (nSPS) is 10.9. The predicted octanol–water partition coefficient (Wildman–Crippen LogP) is 3.34. The summed E-state index contributed by atoms with van der Waals surface area (Å²) in [5.41, 5.74) is 1.04. The third kappa shape index (κ3) is 2.99. The third-order valence-corrected chi connectivity index (χ3v) is 4.00. The first-order valence-corrected chi connectivity index (χ1v) is 7.99. The van der Waals surface area contributed by atoms with Crippen molar-refractivity contribution in [2.24, 2.45) is 0 Å². The van der Waals surface area contributed by atoms with E-state index in [0.717, 1.165) is 10.9 Å². The zero-order valence-electron chi connectivity index (χ0n) is 13.0. The van der Waals surface area contributed by atoms with Crippen molar-refractivity contribution < 1.29 is 4.74 Å². The van der Waals surface area contributed by atoms with Crippen LogP contribution in [0.25, 0.3) is 16.6 Å². The first-order chi connectivity index (χ1) is 12.2. The molecule has 2 aromatic heterocycles. The largest absolute Gasteiger partial charge is 0.483 e. The van der Waals surface area contributed by atoms with Crippen molar-refractivity contribution in [2.45, 2.75) is 6.61 Å². The van der Waals surface area contributed by atoms with Gasteiger partial charge in [-0.1, -0.05) is 35.9 Å². The zero-order valence-corrected chi connectivity index (χ0v) is 13.8. The molecule has 25 heavy (non-hydrogen) atoms. The quantitative estimate of drug-likeness (QED) is 0.611. The van der Waals surface area contributed by atoms with E-state index < -0.39 is 0 Å². The molecule has 0 aliphatic heterocycles. The van der Waals surface area contributed by atoms with Crippen LogP contribution in [0.5, 0.6) is 5.75 Å². The number of para-hydroxylation sites is 1. The number of ether oxygens (including phenoxy) is 1. The number of H-pyrrole nitrogens is 1. The lowest BCUT2D eigenvalue weighted by Crippen LogP contribution is -2.17. The van der Waals surface area contributed by atoms with Crippen LogP contribution in [-0.4, -0.2) is 19.7 Å². The number of pyridine rings is 1. The SMILES string of the molecule is O=c1[nH]nc(COc2cccc3cccnc23)n1-c1cccc(Cl)c1. The van der Waals surface area contributed by atoms with Crippen LogP contribution in [0.3, 0.4) is 0 Å². The molecule has 124 valence electrons. The van der Waals surface area contributed by atoms with Crippen LogP contribution in [-0.2, 0) is 6.61 Å². The summed E-state index contributed by atoms with van der Waals surface area (Å²) in [7, 11) is 0. The monoisotopic (exact) mass is 352 g/mol. The molecule has 0 aliphatic carbocycles. The minimum Gasteiger partial charge on any atom is -0.483 e. The number of aromatic nitrogens is 4. The van der Waals surface area contributed by atoms with Gasteiger partial charge in [0.1, 0.15) is 17.9 Å². The maximum atomic E-state index is 12.1. The van der Waals surface area contributed by atoms with Gasteiger partial charge in [-0.25, -0.2) is 14.5 Å². The summed E-state index contributed by atoms with van der Waals surface area (Å²) >= 11 is 6.02. The van der Waals surface area contributed by atoms with Gasteiger partial charge in [-0.2, -0.15) is 5.10 Å². The van der Waals surface area contributed by atoms with E-state index in [-0.39, 0.29) is 12.3 Å². The number of nitrogens with one attached hydrogen (secondary N) is 1. The van der Waals surface area contributed by atoms with Crippen molar-refractivity contribution in [3.8, 4) is 11.4 Å². The fraction of sp³-hybridized carbons (Fsp3) is 0.0556. The van der Waals surface area contributed by atoms with Crippen LogP contribution in [0, 0.1) is 0 Å². The Balaban J connectivity index is 1.67. The number of hydrogen-bond donors (Lipinski definition) is 1. The molecular weight excluding hydrogens is 340 g/mol. The molecule has 0 fully saturated rings. The van der Waals surface area contributed by atoms with Crippen molar-refractivity contribution in [1.29, 1.82) is 0 Å². The van der Waals surface area contributed by atoms with Crippen LogP contribution in [0.15, 0.2) is 65.6 Å². The smallest absolute Gasteiger partial charge is 0.348 e. The lowest BCUT2D eigenvalue weighted by Gasteiger charge is -2.09. The van der Waals surface area contributed by atoms with Crippen LogP contribution in [0.1, 0.15) is 5.82 Å². The Morgan fingerprint density at radius 2 is 1.96 bits per heavy atom. The summed E-state index contributed by atoms with van der Waals surface area (Å²) in [5.74, 6) is 1.08. The Kier molecular flexibility index (Phi) is 3.95. The number of halogens is 1. The number of aromatic amines is 1. The average Bonchev–Trinajstić information content (AvgIpc) is 3.00. The molecule has 2 aromatic carbocycles. The van der Waals surface area contributed by atoms with Gasteiger partial charge in [-0.05, 0) is 30.3 Å². The van der Waals surface area contributed by atoms with Gasteiger partial charge in [0.2, 0.25) is 0 Å². The number of hydrogen-bond acceptors (Lipinski definition) is 4. The molecule has 1 N–H and O–H groups in total. The molecule has 0 aliphatic rings. The molecule has 0 atom stereocenters.